The van der Waals surface area contributed by atoms with Gasteiger partial charge in [0.25, 0.3) is 0 Å². The molecule has 0 bridgehead atoms. The molecule has 5 rings (SSSR count). The lowest BCUT2D eigenvalue weighted by Crippen LogP contribution is -2.30. The highest BCUT2D eigenvalue weighted by Crippen LogP contribution is 2.32. The first-order valence-electron chi connectivity index (χ1n) is 12.1. The molecule has 8 heteroatoms. The van der Waals surface area contributed by atoms with Gasteiger partial charge in [-0.05, 0) is 53.8 Å². The summed E-state index contributed by atoms with van der Waals surface area (Å²) in [5, 5.41) is 27.0. The van der Waals surface area contributed by atoms with E-state index in [4.69, 9.17) is 21.3 Å². The van der Waals surface area contributed by atoms with Crippen LogP contribution in [-0.4, -0.2) is 46.8 Å². The number of nitrogens with two attached hydrogens (primary N) is 1. The van der Waals surface area contributed by atoms with Crippen molar-refractivity contribution in [2.75, 3.05) is 13.1 Å². The Morgan fingerprint density at radius 3 is 2.51 bits per heavy atom. The van der Waals surface area contributed by atoms with Gasteiger partial charge in [-0.3, -0.25) is 15.6 Å². The smallest absolute Gasteiger partial charge is 0.311 e. The van der Waals surface area contributed by atoms with Crippen LogP contribution >= 0.6 is 11.3 Å². The van der Waals surface area contributed by atoms with Gasteiger partial charge in [0, 0.05) is 33.7 Å². The molecule has 37 heavy (non-hydrogen) atoms. The monoisotopic (exact) mass is 512 g/mol. The second-order valence-corrected chi connectivity index (χ2v) is 10.4. The van der Waals surface area contributed by atoms with Gasteiger partial charge in [-0.2, -0.15) is 0 Å². The fourth-order valence-electron chi connectivity index (χ4n) is 4.69. The molecule has 7 nitrogen and oxygen atoms in total. The van der Waals surface area contributed by atoms with Gasteiger partial charge < -0.3 is 20.5 Å². The number of ether oxygens (including phenoxy) is 1. The number of carbonyl (C=O) groups is 1. The number of fused-ring (bicyclic) bond motifs is 1. The van der Waals surface area contributed by atoms with Gasteiger partial charge in [-0.25, -0.2) is 0 Å². The minimum absolute atomic E-state index is 0.0140. The maximum Gasteiger partial charge on any atom is 0.311 e. The molecule has 1 aliphatic rings. The van der Waals surface area contributed by atoms with Crippen molar-refractivity contribution in [3.8, 4) is 5.75 Å². The summed E-state index contributed by atoms with van der Waals surface area (Å²) in [5.41, 5.74) is 7.88. The summed E-state index contributed by atoms with van der Waals surface area (Å²) in [6, 6.07) is 24.6. The molecule has 1 unspecified atom stereocenters. The number of likely N-dealkylation sites (tertiary alicyclic amines) is 1. The molecule has 1 aliphatic heterocycles. The van der Waals surface area contributed by atoms with E-state index in [1.807, 2.05) is 83.8 Å². The van der Waals surface area contributed by atoms with E-state index in [1.165, 1.54) is 0 Å². The van der Waals surface area contributed by atoms with Crippen molar-refractivity contribution in [3.05, 3.63) is 100 Å². The average Bonchev–Trinajstić information content (AvgIpc) is 3.54. The standard InChI is InChI=1S/C29H28N4O3S/c30-27(31)20-8-11-26-21(14-20)15-24(37-26)16-25(29(34)35)18-6-9-22(10-7-18)36-23-12-13-33(17-23)28(32)19-4-2-1-3-5-19/h1-11,14-15,23,25,32H,12-13,16-17H2,(H3,30,31)(H,34,35)/t23-,25?/m0/s1. The van der Waals surface area contributed by atoms with Crippen LogP contribution in [-0.2, 0) is 11.2 Å². The van der Waals surface area contributed by atoms with Crippen molar-refractivity contribution < 1.29 is 14.6 Å². The molecule has 2 atom stereocenters. The van der Waals surface area contributed by atoms with Gasteiger partial charge in [0.2, 0.25) is 0 Å². The van der Waals surface area contributed by atoms with Gasteiger partial charge in [0.1, 0.15) is 23.5 Å². The molecule has 3 aromatic carbocycles. The molecule has 5 N–H and O–H groups in total. The molecular formula is C29H28N4O3S. The van der Waals surface area contributed by atoms with Crippen LogP contribution in [0, 0.1) is 10.8 Å². The SMILES string of the molecule is N=C(N)c1ccc2sc(CC(C(=O)O)c3ccc(O[C@H]4CCN(C(=N)c5ccccc5)C4)cc3)cc2c1. The third kappa shape index (κ3) is 5.49. The van der Waals surface area contributed by atoms with Crippen LogP contribution in [0.5, 0.6) is 5.75 Å². The minimum atomic E-state index is -0.874. The van der Waals surface area contributed by atoms with Crippen molar-refractivity contribution in [1.82, 2.24) is 4.90 Å². The first-order valence-corrected chi connectivity index (χ1v) is 12.9. The number of benzene rings is 3. The van der Waals surface area contributed by atoms with Crippen LogP contribution in [0.3, 0.4) is 0 Å². The van der Waals surface area contributed by atoms with Crippen molar-refractivity contribution in [2.24, 2.45) is 5.73 Å². The maximum absolute atomic E-state index is 12.1. The normalized spacial score (nSPS) is 16.0. The number of hydrogen-bond donors (Lipinski definition) is 4. The van der Waals surface area contributed by atoms with E-state index in [0.29, 0.717) is 30.1 Å². The van der Waals surface area contributed by atoms with Crippen LogP contribution < -0.4 is 10.5 Å². The zero-order valence-electron chi connectivity index (χ0n) is 20.2. The van der Waals surface area contributed by atoms with E-state index in [1.54, 1.807) is 11.3 Å². The Bertz CT molecular complexity index is 1450. The molecule has 4 aromatic rings. The Labute approximate surface area is 219 Å². The molecule has 1 fully saturated rings. The average molecular weight is 513 g/mol. The first-order chi connectivity index (χ1) is 17.9. The van der Waals surface area contributed by atoms with Crippen LogP contribution in [0.1, 0.15) is 33.9 Å². The van der Waals surface area contributed by atoms with Gasteiger partial charge >= 0.3 is 5.97 Å². The Morgan fingerprint density at radius 2 is 1.81 bits per heavy atom. The maximum atomic E-state index is 12.1. The summed E-state index contributed by atoms with van der Waals surface area (Å²) >= 11 is 1.56. The zero-order valence-corrected chi connectivity index (χ0v) is 21.0. The van der Waals surface area contributed by atoms with Crippen LogP contribution in [0.2, 0.25) is 0 Å². The predicted molar refractivity (Wildman–Crippen MR) is 147 cm³/mol. The van der Waals surface area contributed by atoms with Crippen molar-refractivity contribution >= 4 is 39.1 Å². The Hall–Kier alpha value is -4.17. The third-order valence-corrected chi connectivity index (χ3v) is 7.81. The van der Waals surface area contributed by atoms with Gasteiger partial charge in [0.15, 0.2) is 0 Å². The first kappa shape index (κ1) is 24.5. The van der Waals surface area contributed by atoms with Crippen LogP contribution in [0.15, 0.2) is 78.9 Å². The zero-order chi connectivity index (χ0) is 25.9. The summed E-state index contributed by atoms with van der Waals surface area (Å²) in [7, 11) is 0. The number of amidine groups is 2. The van der Waals surface area contributed by atoms with E-state index in [2.05, 4.69) is 0 Å². The molecule has 0 amide bonds. The highest BCUT2D eigenvalue weighted by molar-refractivity contribution is 7.19. The number of nitrogens with one attached hydrogen (secondary N) is 2. The molecule has 0 saturated carbocycles. The molecule has 0 aliphatic carbocycles. The highest BCUT2D eigenvalue weighted by atomic mass is 32.1. The number of carboxylic acids is 1. The van der Waals surface area contributed by atoms with Crippen molar-refractivity contribution in [1.29, 1.82) is 10.8 Å². The molecule has 188 valence electrons. The fourth-order valence-corrected chi connectivity index (χ4v) is 5.78. The Kier molecular flexibility index (Phi) is 6.92. The fraction of sp³-hybridized carbons (Fsp3) is 0.207. The summed E-state index contributed by atoms with van der Waals surface area (Å²) in [6.45, 7) is 1.41. The largest absolute Gasteiger partial charge is 0.489 e. The number of aliphatic carboxylic acids is 1. The second kappa shape index (κ2) is 10.4. The number of hydrogen-bond acceptors (Lipinski definition) is 5. The van der Waals surface area contributed by atoms with E-state index < -0.39 is 11.9 Å². The number of thiophene rings is 1. The summed E-state index contributed by atoms with van der Waals surface area (Å²) in [6.07, 6.45) is 1.18. The number of carboxylic acid groups (broad SMARTS) is 1. The van der Waals surface area contributed by atoms with E-state index >= 15 is 0 Å². The van der Waals surface area contributed by atoms with Crippen molar-refractivity contribution in [3.63, 3.8) is 0 Å². The molecule has 1 aromatic heterocycles. The van der Waals surface area contributed by atoms with Crippen LogP contribution in [0.25, 0.3) is 10.1 Å². The lowest BCUT2D eigenvalue weighted by atomic mass is 9.95. The molecule has 1 saturated heterocycles. The summed E-state index contributed by atoms with van der Waals surface area (Å²) < 4.78 is 7.20. The number of nitrogens with zero attached hydrogens (tertiary/aromatic N) is 1. The Balaban J connectivity index is 1.24. The van der Waals surface area contributed by atoms with E-state index in [0.717, 1.165) is 39.1 Å². The van der Waals surface area contributed by atoms with Crippen LogP contribution in [0.4, 0.5) is 0 Å². The molecular weight excluding hydrogens is 484 g/mol. The molecule has 0 spiro atoms. The summed E-state index contributed by atoms with van der Waals surface area (Å²) in [4.78, 5) is 15.1. The van der Waals surface area contributed by atoms with E-state index in [9.17, 15) is 9.90 Å². The number of nitrogen functional groups attached to an aromatic ring is 1. The van der Waals surface area contributed by atoms with Gasteiger partial charge in [0.05, 0.1) is 12.5 Å². The second-order valence-electron chi connectivity index (χ2n) is 9.23. The lowest BCUT2D eigenvalue weighted by Gasteiger charge is -2.20. The lowest BCUT2D eigenvalue weighted by molar-refractivity contribution is -0.138. The quantitative estimate of drug-likeness (QED) is 0.194. The Morgan fingerprint density at radius 1 is 1.05 bits per heavy atom. The minimum Gasteiger partial charge on any atom is -0.489 e. The van der Waals surface area contributed by atoms with E-state index in [-0.39, 0.29) is 11.9 Å². The molecule has 2 heterocycles. The predicted octanol–water partition coefficient (Wildman–Crippen LogP) is 5.07. The third-order valence-electron chi connectivity index (χ3n) is 6.68. The van der Waals surface area contributed by atoms with Crippen molar-refractivity contribution in [2.45, 2.75) is 24.9 Å². The topological polar surface area (TPSA) is 123 Å². The highest BCUT2D eigenvalue weighted by Gasteiger charge is 2.27. The summed E-state index contributed by atoms with van der Waals surface area (Å²) in [5.74, 6) is -0.334. The molecule has 0 radical (unpaired) electrons. The number of rotatable bonds is 8. The van der Waals surface area contributed by atoms with Gasteiger partial charge in [-0.15, -0.1) is 11.3 Å². The van der Waals surface area contributed by atoms with Gasteiger partial charge in [-0.1, -0.05) is 42.5 Å².